The van der Waals surface area contributed by atoms with Gasteiger partial charge in [-0.1, -0.05) is 0 Å². The Morgan fingerprint density at radius 3 is 2.62 bits per heavy atom. The van der Waals surface area contributed by atoms with Gasteiger partial charge < -0.3 is 9.88 Å². The molecule has 86 valence electrons. The van der Waals surface area contributed by atoms with E-state index in [0.717, 1.165) is 18.8 Å². The van der Waals surface area contributed by atoms with Crippen molar-refractivity contribution in [2.45, 2.75) is 20.0 Å². The maximum Gasteiger partial charge on any atom is 0.0638 e. The van der Waals surface area contributed by atoms with E-state index in [0.29, 0.717) is 0 Å². The standard InChI is InChI=1S/C12H18N4/c1-10-12(9-16(3)14-10)7-13-6-11-4-5-15(2)8-11/h4-5,8-9,13H,6-7H2,1-3H3. The highest BCUT2D eigenvalue weighted by Gasteiger charge is 2.02. The first-order valence-corrected chi connectivity index (χ1v) is 5.46. The van der Waals surface area contributed by atoms with Gasteiger partial charge in [0.2, 0.25) is 0 Å². The van der Waals surface area contributed by atoms with Crippen LogP contribution in [0, 0.1) is 6.92 Å². The molecule has 0 unspecified atom stereocenters. The number of aryl methyl sites for hydroxylation is 3. The summed E-state index contributed by atoms with van der Waals surface area (Å²) in [6.45, 7) is 3.81. The third-order valence-corrected chi connectivity index (χ3v) is 2.65. The van der Waals surface area contributed by atoms with Crippen molar-refractivity contribution in [2.24, 2.45) is 14.1 Å². The Morgan fingerprint density at radius 2 is 2.06 bits per heavy atom. The predicted octanol–water partition coefficient (Wildman–Crippen LogP) is 1.36. The topological polar surface area (TPSA) is 34.8 Å². The van der Waals surface area contributed by atoms with Crippen LogP contribution in [0.1, 0.15) is 16.8 Å². The zero-order valence-corrected chi connectivity index (χ0v) is 10.1. The number of nitrogens with one attached hydrogen (secondary N) is 1. The fraction of sp³-hybridized carbons (Fsp3) is 0.417. The van der Waals surface area contributed by atoms with Gasteiger partial charge in [-0.05, 0) is 18.6 Å². The highest BCUT2D eigenvalue weighted by atomic mass is 15.2. The summed E-state index contributed by atoms with van der Waals surface area (Å²) in [6, 6.07) is 2.13. The molecule has 2 rings (SSSR count). The summed E-state index contributed by atoms with van der Waals surface area (Å²) in [5.74, 6) is 0. The van der Waals surface area contributed by atoms with E-state index >= 15 is 0 Å². The van der Waals surface area contributed by atoms with Gasteiger partial charge in [-0.25, -0.2) is 0 Å². The van der Waals surface area contributed by atoms with Crippen LogP contribution in [0.4, 0.5) is 0 Å². The van der Waals surface area contributed by atoms with Gasteiger partial charge in [-0.15, -0.1) is 0 Å². The minimum Gasteiger partial charge on any atom is -0.357 e. The molecule has 0 saturated carbocycles. The molecule has 0 aliphatic rings. The molecule has 0 atom stereocenters. The van der Waals surface area contributed by atoms with Crippen molar-refractivity contribution in [2.75, 3.05) is 0 Å². The van der Waals surface area contributed by atoms with Gasteiger partial charge in [0.05, 0.1) is 5.69 Å². The van der Waals surface area contributed by atoms with Crippen molar-refractivity contribution >= 4 is 0 Å². The van der Waals surface area contributed by atoms with Crippen molar-refractivity contribution in [3.8, 4) is 0 Å². The molecular weight excluding hydrogens is 200 g/mol. The van der Waals surface area contributed by atoms with E-state index < -0.39 is 0 Å². The van der Waals surface area contributed by atoms with Crippen LogP contribution < -0.4 is 5.32 Å². The van der Waals surface area contributed by atoms with E-state index in [4.69, 9.17) is 0 Å². The third kappa shape index (κ3) is 2.52. The van der Waals surface area contributed by atoms with Gasteiger partial charge in [0.1, 0.15) is 0 Å². The minimum absolute atomic E-state index is 0.870. The predicted molar refractivity (Wildman–Crippen MR) is 63.9 cm³/mol. The molecule has 4 nitrogen and oxygen atoms in total. The number of nitrogens with zero attached hydrogens (tertiary/aromatic N) is 3. The molecule has 1 N–H and O–H groups in total. The lowest BCUT2D eigenvalue weighted by atomic mass is 10.2. The molecule has 0 bridgehead atoms. The average molecular weight is 218 g/mol. The molecule has 0 amide bonds. The zero-order valence-electron chi connectivity index (χ0n) is 10.1. The van der Waals surface area contributed by atoms with E-state index in [-0.39, 0.29) is 0 Å². The molecule has 0 spiro atoms. The Bertz CT molecular complexity index is 467. The normalized spacial score (nSPS) is 10.9. The second-order valence-corrected chi connectivity index (χ2v) is 4.20. The van der Waals surface area contributed by atoms with E-state index in [1.54, 1.807) is 0 Å². The SMILES string of the molecule is Cc1nn(C)cc1CNCc1ccn(C)c1. The first-order valence-electron chi connectivity index (χ1n) is 5.46. The number of rotatable bonds is 4. The lowest BCUT2D eigenvalue weighted by molar-refractivity contribution is 0.689. The van der Waals surface area contributed by atoms with E-state index in [9.17, 15) is 0 Å². The second-order valence-electron chi connectivity index (χ2n) is 4.20. The summed E-state index contributed by atoms with van der Waals surface area (Å²) in [4.78, 5) is 0. The highest BCUT2D eigenvalue weighted by Crippen LogP contribution is 2.05. The molecule has 2 heterocycles. The molecule has 0 fully saturated rings. The lowest BCUT2D eigenvalue weighted by Crippen LogP contribution is -2.12. The van der Waals surface area contributed by atoms with E-state index in [1.165, 1.54) is 11.1 Å². The van der Waals surface area contributed by atoms with Gasteiger partial charge >= 0.3 is 0 Å². The third-order valence-electron chi connectivity index (χ3n) is 2.65. The van der Waals surface area contributed by atoms with Crippen LogP contribution >= 0.6 is 0 Å². The van der Waals surface area contributed by atoms with Crippen LogP contribution in [0.5, 0.6) is 0 Å². The molecule has 0 saturated heterocycles. The summed E-state index contributed by atoms with van der Waals surface area (Å²) in [7, 11) is 3.99. The lowest BCUT2D eigenvalue weighted by Gasteiger charge is -2.01. The van der Waals surface area contributed by atoms with Gasteiger partial charge in [0.25, 0.3) is 0 Å². The quantitative estimate of drug-likeness (QED) is 0.841. The second kappa shape index (κ2) is 4.53. The van der Waals surface area contributed by atoms with Crippen LogP contribution in [0.15, 0.2) is 24.7 Å². The van der Waals surface area contributed by atoms with Gasteiger partial charge in [0, 0.05) is 51.3 Å². The van der Waals surface area contributed by atoms with Crippen molar-refractivity contribution < 1.29 is 0 Å². The first kappa shape index (κ1) is 11.0. The molecule has 0 aliphatic carbocycles. The van der Waals surface area contributed by atoms with Gasteiger partial charge in [-0.3, -0.25) is 4.68 Å². The molecule has 0 aliphatic heterocycles. The van der Waals surface area contributed by atoms with Crippen molar-refractivity contribution in [3.05, 3.63) is 41.5 Å². The van der Waals surface area contributed by atoms with Crippen LogP contribution in [-0.2, 0) is 27.2 Å². The largest absolute Gasteiger partial charge is 0.357 e. The average Bonchev–Trinajstić information content (AvgIpc) is 2.74. The molecule has 16 heavy (non-hydrogen) atoms. The molecular formula is C12H18N4. The van der Waals surface area contributed by atoms with Gasteiger partial charge in [-0.2, -0.15) is 5.10 Å². The van der Waals surface area contributed by atoms with Crippen LogP contribution in [0.25, 0.3) is 0 Å². The zero-order chi connectivity index (χ0) is 11.5. The summed E-state index contributed by atoms with van der Waals surface area (Å²) in [5.41, 5.74) is 3.67. The fourth-order valence-corrected chi connectivity index (χ4v) is 1.83. The summed E-state index contributed by atoms with van der Waals surface area (Å²) >= 11 is 0. The summed E-state index contributed by atoms with van der Waals surface area (Å²) in [5, 5.41) is 7.73. The smallest absolute Gasteiger partial charge is 0.0638 e. The molecule has 0 radical (unpaired) electrons. The maximum atomic E-state index is 4.31. The number of aromatic nitrogens is 3. The molecule has 4 heteroatoms. The fourth-order valence-electron chi connectivity index (χ4n) is 1.83. The van der Waals surface area contributed by atoms with Crippen LogP contribution in [-0.4, -0.2) is 14.3 Å². The highest BCUT2D eigenvalue weighted by molar-refractivity contribution is 5.15. The summed E-state index contributed by atoms with van der Waals surface area (Å²) < 4.78 is 3.92. The van der Waals surface area contributed by atoms with Crippen LogP contribution in [0.2, 0.25) is 0 Å². The maximum absolute atomic E-state index is 4.31. The van der Waals surface area contributed by atoms with Crippen molar-refractivity contribution in [1.29, 1.82) is 0 Å². The number of hydrogen-bond donors (Lipinski definition) is 1. The minimum atomic E-state index is 0.870. The van der Waals surface area contributed by atoms with E-state index in [1.807, 2.05) is 25.7 Å². The molecule has 0 aromatic carbocycles. The first-order chi connectivity index (χ1) is 7.65. The Kier molecular flexibility index (Phi) is 3.10. The summed E-state index contributed by atoms with van der Waals surface area (Å²) in [6.07, 6.45) is 6.25. The molecule has 2 aromatic heterocycles. The Balaban J connectivity index is 1.86. The number of hydrogen-bond acceptors (Lipinski definition) is 2. The Morgan fingerprint density at radius 1 is 1.25 bits per heavy atom. The Labute approximate surface area is 95.9 Å². The van der Waals surface area contributed by atoms with Crippen LogP contribution in [0.3, 0.4) is 0 Å². The van der Waals surface area contributed by atoms with Crippen molar-refractivity contribution in [3.63, 3.8) is 0 Å². The monoisotopic (exact) mass is 218 g/mol. The van der Waals surface area contributed by atoms with E-state index in [2.05, 4.69) is 39.6 Å². The van der Waals surface area contributed by atoms with Crippen molar-refractivity contribution in [1.82, 2.24) is 19.7 Å². The Hall–Kier alpha value is -1.55. The molecule has 2 aromatic rings. The van der Waals surface area contributed by atoms with Gasteiger partial charge in [0.15, 0.2) is 0 Å².